The van der Waals surface area contributed by atoms with Gasteiger partial charge in [0.2, 0.25) is 0 Å². The molecule has 132 valence electrons. The summed E-state index contributed by atoms with van der Waals surface area (Å²) in [6, 6.07) is 9.19. The second kappa shape index (κ2) is 5.03. The minimum atomic E-state index is -0.445. The number of carbonyl (C=O) groups is 2. The van der Waals surface area contributed by atoms with E-state index in [1.807, 2.05) is 0 Å². The highest BCUT2D eigenvalue weighted by molar-refractivity contribution is 6.25. The summed E-state index contributed by atoms with van der Waals surface area (Å²) in [6.07, 6.45) is 1.84. The maximum absolute atomic E-state index is 13.1. The molecule has 3 aliphatic rings. The van der Waals surface area contributed by atoms with Gasteiger partial charge in [-0.05, 0) is 36.8 Å². The number of nitro groups is 1. The molecule has 3 amide bonds. The number of nitrogens with zero attached hydrogens (tertiary/aromatic N) is 3. The maximum Gasteiger partial charge on any atom is 0.332 e. The highest BCUT2D eigenvalue weighted by atomic mass is 16.6. The van der Waals surface area contributed by atoms with E-state index in [9.17, 15) is 19.7 Å². The number of amides is 3. The van der Waals surface area contributed by atoms with Crippen LogP contribution >= 0.6 is 0 Å². The van der Waals surface area contributed by atoms with Gasteiger partial charge in [0, 0.05) is 17.5 Å². The molecule has 7 nitrogen and oxygen atoms in total. The summed E-state index contributed by atoms with van der Waals surface area (Å²) < 4.78 is 0. The van der Waals surface area contributed by atoms with Crippen LogP contribution in [0.2, 0.25) is 0 Å². The van der Waals surface area contributed by atoms with Crippen LogP contribution in [-0.4, -0.2) is 33.8 Å². The lowest BCUT2D eigenvalue weighted by Gasteiger charge is -2.29. The smallest absolute Gasteiger partial charge is 0.309 e. The molecule has 2 heterocycles. The number of carbonyl (C=O) groups excluding carboxylic acids is 2. The Morgan fingerprint density at radius 3 is 2.54 bits per heavy atom. The molecule has 1 aliphatic carbocycles. The van der Waals surface area contributed by atoms with Crippen LogP contribution in [0.25, 0.3) is 10.8 Å². The summed E-state index contributed by atoms with van der Waals surface area (Å²) in [6.45, 7) is 2.14. The monoisotopic (exact) mass is 351 g/mol. The van der Waals surface area contributed by atoms with E-state index in [0.717, 1.165) is 12.8 Å². The van der Waals surface area contributed by atoms with Crippen molar-refractivity contribution in [1.82, 2.24) is 4.90 Å². The Bertz CT molecular complexity index is 988. The fourth-order valence-corrected chi connectivity index (χ4v) is 5.11. The van der Waals surface area contributed by atoms with Gasteiger partial charge in [0.15, 0.2) is 0 Å². The van der Waals surface area contributed by atoms with Gasteiger partial charge in [-0.2, -0.15) is 0 Å². The number of non-ortho nitro benzene ring substituents is 1. The molecule has 3 fully saturated rings. The van der Waals surface area contributed by atoms with Crippen LogP contribution in [0.15, 0.2) is 36.4 Å². The van der Waals surface area contributed by atoms with Crippen LogP contribution < -0.4 is 4.90 Å². The van der Waals surface area contributed by atoms with Crippen molar-refractivity contribution in [1.29, 1.82) is 0 Å². The first kappa shape index (κ1) is 15.3. The van der Waals surface area contributed by atoms with Crippen molar-refractivity contribution < 1.29 is 14.5 Å². The van der Waals surface area contributed by atoms with Gasteiger partial charge in [0.05, 0.1) is 16.0 Å². The standard InChI is InChI=1S/C19H17N3O4/c1-10-8-11-9-14(10)17-18(23)21(19(24)20(11)17)15-6-7-16(22(25)26)13-5-3-2-4-12(13)15/h2-7,10-11,14,17H,8-9H2,1H3. The Kier molecular flexibility index (Phi) is 2.96. The van der Waals surface area contributed by atoms with E-state index in [0.29, 0.717) is 22.4 Å². The zero-order valence-corrected chi connectivity index (χ0v) is 14.2. The van der Waals surface area contributed by atoms with E-state index >= 15 is 0 Å². The summed E-state index contributed by atoms with van der Waals surface area (Å²) in [5.41, 5.74) is 0.403. The molecule has 2 aromatic carbocycles. The molecular formula is C19H17N3O4. The molecule has 2 bridgehead atoms. The SMILES string of the molecule is CC1CC2CC1C1C(=O)N(c3ccc([N+](=O)[O-])c4ccccc34)C(=O)N21. The predicted molar refractivity (Wildman–Crippen MR) is 94.8 cm³/mol. The normalized spacial score (nSPS) is 29.7. The third-order valence-electron chi connectivity index (χ3n) is 6.22. The van der Waals surface area contributed by atoms with Crippen molar-refractivity contribution >= 4 is 34.1 Å². The van der Waals surface area contributed by atoms with Crippen LogP contribution in [-0.2, 0) is 4.79 Å². The molecule has 2 aromatic rings. The Hall–Kier alpha value is -2.96. The summed E-state index contributed by atoms with van der Waals surface area (Å²) in [5.74, 6) is 0.449. The van der Waals surface area contributed by atoms with E-state index in [1.54, 1.807) is 29.2 Å². The highest BCUT2D eigenvalue weighted by Gasteiger charge is 2.61. The molecule has 0 spiro atoms. The lowest BCUT2D eigenvalue weighted by Crippen LogP contribution is -2.43. The van der Waals surface area contributed by atoms with Crippen molar-refractivity contribution in [2.45, 2.75) is 31.8 Å². The summed E-state index contributed by atoms with van der Waals surface area (Å²) in [4.78, 5) is 40.0. The van der Waals surface area contributed by atoms with Crippen molar-refractivity contribution in [2.24, 2.45) is 11.8 Å². The van der Waals surface area contributed by atoms with Crippen LogP contribution in [0.3, 0.4) is 0 Å². The number of hydrogen-bond acceptors (Lipinski definition) is 4. The molecule has 26 heavy (non-hydrogen) atoms. The largest absolute Gasteiger partial charge is 0.332 e. The number of urea groups is 1. The Labute approximate surface area is 149 Å². The summed E-state index contributed by atoms with van der Waals surface area (Å²) >= 11 is 0. The van der Waals surface area contributed by atoms with Gasteiger partial charge in [-0.1, -0.05) is 25.1 Å². The Morgan fingerprint density at radius 1 is 1.08 bits per heavy atom. The molecular weight excluding hydrogens is 334 g/mol. The number of piperidine rings is 1. The topological polar surface area (TPSA) is 83.8 Å². The van der Waals surface area contributed by atoms with Crippen molar-refractivity contribution in [3.63, 3.8) is 0 Å². The lowest BCUT2D eigenvalue weighted by atomic mass is 9.89. The molecule has 5 rings (SSSR count). The minimum absolute atomic E-state index is 0.0300. The van der Waals surface area contributed by atoms with Gasteiger partial charge >= 0.3 is 6.03 Å². The van der Waals surface area contributed by atoms with Gasteiger partial charge in [0.1, 0.15) is 6.04 Å². The third kappa shape index (κ3) is 1.77. The second-order valence-corrected chi connectivity index (χ2v) is 7.48. The Balaban J connectivity index is 1.66. The molecule has 2 aliphatic heterocycles. The average molecular weight is 351 g/mol. The first-order valence-corrected chi connectivity index (χ1v) is 8.81. The van der Waals surface area contributed by atoms with Gasteiger partial charge in [-0.25, -0.2) is 9.69 Å². The lowest BCUT2D eigenvalue weighted by molar-refractivity contribution is -0.383. The molecule has 0 aromatic heterocycles. The van der Waals surface area contributed by atoms with E-state index in [4.69, 9.17) is 0 Å². The highest BCUT2D eigenvalue weighted by Crippen LogP contribution is 2.50. The summed E-state index contributed by atoms with van der Waals surface area (Å²) in [7, 11) is 0. The fraction of sp³-hybridized carbons (Fsp3) is 0.368. The van der Waals surface area contributed by atoms with Crippen molar-refractivity contribution in [3.05, 3.63) is 46.5 Å². The molecule has 4 atom stereocenters. The van der Waals surface area contributed by atoms with Gasteiger partial charge in [0.25, 0.3) is 11.6 Å². The molecule has 0 radical (unpaired) electrons. The maximum atomic E-state index is 13.1. The Morgan fingerprint density at radius 2 is 1.81 bits per heavy atom. The van der Waals surface area contributed by atoms with Crippen molar-refractivity contribution in [2.75, 3.05) is 4.90 Å². The number of fused-ring (bicyclic) bond motifs is 6. The minimum Gasteiger partial charge on any atom is -0.309 e. The quantitative estimate of drug-likeness (QED) is 0.472. The van der Waals surface area contributed by atoms with E-state index in [2.05, 4.69) is 6.92 Å². The number of rotatable bonds is 2. The van der Waals surface area contributed by atoms with Gasteiger partial charge < -0.3 is 4.90 Å². The van der Waals surface area contributed by atoms with Crippen molar-refractivity contribution in [3.8, 4) is 0 Å². The van der Waals surface area contributed by atoms with Gasteiger partial charge in [-0.15, -0.1) is 0 Å². The van der Waals surface area contributed by atoms with E-state index < -0.39 is 4.92 Å². The first-order valence-electron chi connectivity index (χ1n) is 8.81. The summed E-state index contributed by atoms with van der Waals surface area (Å²) in [5, 5.41) is 12.3. The molecule has 7 heteroatoms. The second-order valence-electron chi connectivity index (χ2n) is 7.48. The van der Waals surface area contributed by atoms with Crippen LogP contribution in [0.5, 0.6) is 0 Å². The molecule has 2 saturated heterocycles. The third-order valence-corrected chi connectivity index (χ3v) is 6.22. The number of imide groups is 1. The van der Waals surface area contributed by atoms with Crippen LogP contribution in [0, 0.1) is 22.0 Å². The van der Waals surface area contributed by atoms with E-state index in [1.165, 1.54) is 17.0 Å². The molecule has 4 unspecified atom stereocenters. The number of hydrogen-bond donors (Lipinski definition) is 0. The molecule has 0 N–H and O–H groups in total. The number of benzene rings is 2. The number of anilines is 1. The zero-order valence-electron chi connectivity index (χ0n) is 14.2. The van der Waals surface area contributed by atoms with Crippen LogP contribution in [0.4, 0.5) is 16.2 Å². The van der Waals surface area contributed by atoms with E-state index in [-0.39, 0.29) is 35.6 Å². The zero-order chi connectivity index (χ0) is 18.2. The average Bonchev–Trinajstić information content (AvgIpc) is 3.25. The number of nitro benzene ring substituents is 1. The predicted octanol–water partition coefficient (Wildman–Crippen LogP) is 3.31. The first-order chi connectivity index (χ1) is 12.5. The fourth-order valence-electron chi connectivity index (χ4n) is 5.11. The van der Waals surface area contributed by atoms with Crippen LogP contribution in [0.1, 0.15) is 19.8 Å². The molecule has 1 saturated carbocycles. The van der Waals surface area contributed by atoms with Gasteiger partial charge in [-0.3, -0.25) is 14.9 Å².